The Kier molecular flexibility index (Phi) is 4.50. The van der Waals surface area contributed by atoms with Crippen molar-refractivity contribution in [2.24, 2.45) is 23.2 Å². The molecule has 1 aliphatic heterocycles. The summed E-state index contributed by atoms with van der Waals surface area (Å²) in [4.78, 5) is 15.9. The van der Waals surface area contributed by atoms with Crippen molar-refractivity contribution in [2.75, 3.05) is 26.1 Å². The fourth-order valence-electron chi connectivity index (χ4n) is 7.28. The largest absolute Gasteiger partial charge is 0.495 e. The van der Waals surface area contributed by atoms with Crippen molar-refractivity contribution in [1.82, 2.24) is 5.32 Å². The van der Waals surface area contributed by atoms with E-state index >= 15 is 0 Å². The second kappa shape index (κ2) is 6.77. The molecule has 1 N–H and O–H groups in total. The number of nitrogens with zero attached hydrogens (tertiary/aromatic N) is 1. The van der Waals surface area contributed by atoms with Gasteiger partial charge in [0.05, 0.1) is 12.8 Å². The van der Waals surface area contributed by atoms with E-state index in [2.05, 4.69) is 36.2 Å². The van der Waals surface area contributed by atoms with Crippen molar-refractivity contribution in [3.05, 3.63) is 29.3 Å². The number of rotatable bonds is 4. The molecule has 5 aliphatic rings. The Hall–Kier alpha value is -1.97. The van der Waals surface area contributed by atoms with Gasteiger partial charge in [0, 0.05) is 42.4 Å². The fraction of sp³-hybridized carbons (Fsp3) is 0.654. The lowest BCUT2D eigenvalue weighted by Crippen LogP contribution is -2.50. The van der Waals surface area contributed by atoms with Gasteiger partial charge in [0.15, 0.2) is 5.78 Å². The van der Waals surface area contributed by atoms with Crippen molar-refractivity contribution in [3.8, 4) is 5.75 Å². The van der Waals surface area contributed by atoms with E-state index in [1.54, 1.807) is 7.11 Å². The second-order valence-electron chi connectivity index (χ2n) is 11.4. The van der Waals surface area contributed by atoms with E-state index in [9.17, 15) is 4.79 Å². The van der Waals surface area contributed by atoms with Gasteiger partial charge in [-0.2, -0.15) is 0 Å². The first-order valence-electron chi connectivity index (χ1n) is 11.6. The van der Waals surface area contributed by atoms with Gasteiger partial charge >= 0.3 is 0 Å². The molecule has 1 aromatic rings. The molecule has 1 heterocycles. The van der Waals surface area contributed by atoms with E-state index in [1.165, 1.54) is 24.8 Å². The van der Waals surface area contributed by atoms with Crippen LogP contribution in [0.1, 0.15) is 63.5 Å². The highest BCUT2D eigenvalue weighted by atomic mass is 16.5. The molecule has 30 heavy (non-hydrogen) atoms. The van der Waals surface area contributed by atoms with Crippen molar-refractivity contribution >= 4 is 17.2 Å². The van der Waals surface area contributed by atoms with Crippen LogP contribution in [-0.2, 0) is 11.2 Å². The zero-order valence-corrected chi connectivity index (χ0v) is 19.2. The van der Waals surface area contributed by atoms with Crippen molar-refractivity contribution in [1.29, 1.82) is 0 Å². The van der Waals surface area contributed by atoms with Crippen LogP contribution in [0.2, 0.25) is 0 Å². The number of methoxy groups -OCH3 is 1. The molecule has 0 aromatic heterocycles. The van der Waals surface area contributed by atoms with E-state index in [-0.39, 0.29) is 11.0 Å². The van der Waals surface area contributed by atoms with Crippen LogP contribution in [0.15, 0.2) is 18.2 Å². The molecular weight excluding hydrogens is 372 g/mol. The predicted octanol–water partition coefficient (Wildman–Crippen LogP) is 4.81. The summed E-state index contributed by atoms with van der Waals surface area (Å²) >= 11 is 0. The third-order valence-corrected chi connectivity index (χ3v) is 8.12. The first-order valence-corrected chi connectivity index (χ1v) is 11.6. The Morgan fingerprint density at radius 2 is 1.70 bits per heavy atom. The highest BCUT2D eigenvalue weighted by Gasteiger charge is 2.54. The van der Waals surface area contributed by atoms with Crippen LogP contribution in [0.4, 0.5) is 5.69 Å². The van der Waals surface area contributed by atoms with Gasteiger partial charge in [-0.15, -0.1) is 0 Å². The molecule has 6 rings (SSSR count). The minimum Gasteiger partial charge on any atom is -0.495 e. The van der Waals surface area contributed by atoms with Crippen molar-refractivity contribution in [2.45, 2.75) is 64.3 Å². The monoisotopic (exact) mass is 408 g/mol. The molecule has 4 heteroatoms. The molecular formula is C26H36N2O2. The van der Waals surface area contributed by atoms with E-state index in [4.69, 9.17) is 4.74 Å². The molecule has 162 valence electrons. The first kappa shape index (κ1) is 20.0. The van der Waals surface area contributed by atoms with Gasteiger partial charge in [-0.25, -0.2) is 0 Å². The number of carbonyl (C=O) groups excluding carboxylic acids is 1. The summed E-state index contributed by atoms with van der Waals surface area (Å²) in [6.07, 6.45) is 10.3. The van der Waals surface area contributed by atoms with Crippen molar-refractivity contribution < 1.29 is 9.53 Å². The maximum atomic E-state index is 13.8. The predicted molar refractivity (Wildman–Crippen MR) is 122 cm³/mol. The number of allylic oxidation sites excluding steroid dienone is 1. The first-order chi connectivity index (χ1) is 14.2. The number of carbonyl (C=O) groups is 1. The summed E-state index contributed by atoms with van der Waals surface area (Å²) < 4.78 is 5.67. The Balaban J connectivity index is 1.55. The minimum absolute atomic E-state index is 0.0920. The lowest BCUT2D eigenvalue weighted by Gasteiger charge is -2.55. The van der Waals surface area contributed by atoms with Crippen LogP contribution in [-0.4, -0.2) is 32.5 Å². The highest BCUT2D eigenvalue weighted by molar-refractivity contribution is 6.01. The number of fused-ring (bicyclic) bond motifs is 1. The molecule has 4 aliphatic carbocycles. The number of hydrogen-bond donors (Lipinski definition) is 1. The summed E-state index contributed by atoms with van der Waals surface area (Å²) in [7, 11) is 5.80. The Bertz CT molecular complexity index is 877. The van der Waals surface area contributed by atoms with Gasteiger partial charge in [-0.3, -0.25) is 4.79 Å². The fourth-order valence-corrected chi connectivity index (χ4v) is 7.28. The lowest BCUT2D eigenvalue weighted by atomic mass is 9.48. The molecule has 0 atom stereocenters. The second-order valence-corrected chi connectivity index (χ2v) is 11.4. The molecule has 0 spiro atoms. The summed E-state index contributed by atoms with van der Waals surface area (Å²) in [5, 5.41) is 3.70. The molecule has 0 unspecified atom stereocenters. The highest BCUT2D eigenvalue weighted by Crippen LogP contribution is 2.60. The maximum Gasteiger partial charge on any atom is 0.163 e. The average molecular weight is 409 g/mol. The number of hydrogen-bond acceptors (Lipinski definition) is 4. The molecule has 4 saturated carbocycles. The SMILES string of the molecule is COc1cc2c(cc1N(C)C)/C(=C/C(=O)C13CC4CC(CC(C4)C1)C3)NC(C)(C)C2. The molecule has 1 aromatic carbocycles. The zero-order valence-electron chi connectivity index (χ0n) is 19.2. The summed E-state index contributed by atoms with van der Waals surface area (Å²) in [5.74, 6) is 3.61. The van der Waals surface area contributed by atoms with Gasteiger partial charge in [-0.05, 0) is 94.2 Å². The van der Waals surface area contributed by atoms with Gasteiger partial charge in [0.1, 0.15) is 5.75 Å². The smallest absolute Gasteiger partial charge is 0.163 e. The lowest BCUT2D eigenvalue weighted by molar-refractivity contribution is -0.138. The van der Waals surface area contributed by atoms with Crippen LogP contribution in [0, 0.1) is 23.2 Å². The van der Waals surface area contributed by atoms with Gasteiger partial charge < -0.3 is 15.0 Å². The van der Waals surface area contributed by atoms with Crippen molar-refractivity contribution in [3.63, 3.8) is 0 Å². The number of ether oxygens (including phenoxy) is 1. The van der Waals surface area contributed by atoms with Crippen LogP contribution in [0.3, 0.4) is 0 Å². The summed E-state index contributed by atoms with van der Waals surface area (Å²) in [6.45, 7) is 4.43. The topological polar surface area (TPSA) is 41.6 Å². The standard InChI is InChI=1S/C26H36N2O2/c1-25(2)15-19-9-23(30-5)22(28(3)4)10-20(19)21(27-25)11-24(29)26-12-16-6-17(13-26)8-18(7-16)14-26/h9-11,16-18,27H,6-8,12-15H2,1-5H3/b21-11-. The normalized spacial score (nSPS) is 34.4. The van der Waals surface area contributed by atoms with E-state index < -0.39 is 0 Å². The van der Waals surface area contributed by atoms with Crippen LogP contribution < -0.4 is 15.0 Å². The average Bonchev–Trinajstić information content (AvgIpc) is 2.64. The van der Waals surface area contributed by atoms with Crippen LogP contribution in [0.5, 0.6) is 5.75 Å². The zero-order chi connectivity index (χ0) is 21.3. The third-order valence-electron chi connectivity index (χ3n) is 8.12. The summed E-state index contributed by atoms with van der Waals surface area (Å²) in [6, 6.07) is 4.35. The summed E-state index contributed by atoms with van der Waals surface area (Å²) in [5.41, 5.74) is 4.26. The van der Waals surface area contributed by atoms with Gasteiger partial charge in [0.25, 0.3) is 0 Å². The molecule has 0 amide bonds. The number of ketones is 1. The number of anilines is 1. The van der Waals surface area contributed by atoms with E-state index in [1.807, 2.05) is 20.2 Å². The Labute approximate surface area is 181 Å². The molecule has 0 radical (unpaired) electrons. The van der Waals surface area contributed by atoms with Gasteiger partial charge in [0.2, 0.25) is 0 Å². The quantitative estimate of drug-likeness (QED) is 0.726. The maximum absolute atomic E-state index is 13.8. The Morgan fingerprint density at radius 3 is 2.23 bits per heavy atom. The van der Waals surface area contributed by atoms with E-state index in [0.717, 1.165) is 66.1 Å². The molecule has 4 nitrogen and oxygen atoms in total. The minimum atomic E-state index is -0.0952. The molecule has 4 fully saturated rings. The van der Waals surface area contributed by atoms with E-state index in [0.29, 0.717) is 5.78 Å². The Morgan fingerprint density at radius 1 is 1.10 bits per heavy atom. The van der Waals surface area contributed by atoms with Gasteiger partial charge in [-0.1, -0.05) is 0 Å². The van der Waals surface area contributed by atoms with Crippen LogP contribution in [0.25, 0.3) is 5.70 Å². The molecule has 4 bridgehead atoms. The number of nitrogens with one attached hydrogen (secondary N) is 1. The number of benzene rings is 1. The van der Waals surface area contributed by atoms with Crippen LogP contribution >= 0.6 is 0 Å². The third kappa shape index (κ3) is 3.23. The molecule has 0 saturated heterocycles.